The van der Waals surface area contributed by atoms with Crippen molar-refractivity contribution < 1.29 is 9.90 Å². The second-order valence-corrected chi connectivity index (χ2v) is 5.61. The van der Waals surface area contributed by atoms with Crippen LogP contribution in [0.25, 0.3) is 0 Å². The number of carbonyl (C=O) groups is 1. The van der Waals surface area contributed by atoms with Gasteiger partial charge in [0.05, 0.1) is 5.92 Å². The Morgan fingerprint density at radius 1 is 1.31 bits per heavy atom. The summed E-state index contributed by atoms with van der Waals surface area (Å²) in [6.07, 6.45) is 5.35. The molecule has 0 aromatic rings. The van der Waals surface area contributed by atoms with Crippen molar-refractivity contribution in [3.05, 3.63) is 0 Å². The van der Waals surface area contributed by atoms with Crippen molar-refractivity contribution in [2.75, 3.05) is 13.1 Å². The van der Waals surface area contributed by atoms with Gasteiger partial charge in [-0.3, -0.25) is 9.69 Å². The number of nitrogens with zero attached hydrogens (tertiary/aromatic N) is 1. The van der Waals surface area contributed by atoms with Crippen molar-refractivity contribution in [2.45, 2.75) is 52.0 Å². The number of hydrogen-bond acceptors (Lipinski definition) is 2. The molecule has 2 fully saturated rings. The van der Waals surface area contributed by atoms with Crippen molar-refractivity contribution in [1.82, 2.24) is 4.90 Å². The average Bonchev–Trinajstić information content (AvgIpc) is 2.67. The molecule has 92 valence electrons. The van der Waals surface area contributed by atoms with Crippen LogP contribution < -0.4 is 0 Å². The number of aliphatic carboxylic acids is 1. The highest BCUT2D eigenvalue weighted by Gasteiger charge is 2.45. The van der Waals surface area contributed by atoms with Gasteiger partial charge in [0.2, 0.25) is 0 Å². The molecule has 0 spiro atoms. The Kier molecular flexibility index (Phi) is 3.24. The monoisotopic (exact) mass is 225 g/mol. The number of carboxylic acids is 1. The summed E-state index contributed by atoms with van der Waals surface area (Å²) in [4.78, 5) is 13.4. The van der Waals surface area contributed by atoms with Crippen molar-refractivity contribution in [1.29, 1.82) is 0 Å². The standard InChI is InChI=1S/C13H23NO2/c1-3-13(4-2)8-14(9-13)11-6-5-10(7-11)12(15)16/h10-11H,3-9H2,1-2H3,(H,15,16)/t10-,11+/m1/s1. The zero-order chi connectivity index (χ0) is 11.8. The Bertz CT molecular complexity index is 265. The van der Waals surface area contributed by atoms with Crippen LogP contribution in [0.15, 0.2) is 0 Å². The quantitative estimate of drug-likeness (QED) is 0.798. The van der Waals surface area contributed by atoms with Gasteiger partial charge in [-0.1, -0.05) is 13.8 Å². The summed E-state index contributed by atoms with van der Waals surface area (Å²) in [5.41, 5.74) is 0.543. The minimum atomic E-state index is -0.597. The Morgan fingerprint density at radius 2 is 1.94 bits per heavy atom. The van der Waals surface area contributed by atoms with E-state index in [4.69, 9.17) is 5.11 Å². The van der Waals surface area contributed by atoms with Gasteiger partial charge in [-0.15, -0.1) is 0 Å². The lowest BCUT2D eigenvalue weighted by molar-refractivity contribution is -0.141. The van der Waals surface area contributed by atoms with Crippen molar-refractivity contribution in [2.24, 2.45) is 11.3 Å². The first-order chi connectivity index (χ1) is 7.60. The summed E-state index contributed by atoms with van der Waals surface area (Å²) in [6.45, 7) is 6.93. The largest absolute Gasteiger partial charge is 0.481 e. The SMILES string of the molecule is CCC1(CC)CN([C@H]2CC[C@@H](C(=O)O)C2)C1. The topological polar surface area (TPSA) is 40.5 Å². The predicted octanol–water partition coefficient (Wildman–Crippen LogP) is 2.36. The summed E-state index contributed by atoms with van der Waals surface area (Å²) in [6, 6.07) is 0.548. The third-order valence-electron chi connectivity index (χ3n) is 4.85. The normalized spacial score (nSPS) is 33.6. The molecule has 3 heteroatoms. The van der Waals surface area contributed by atoms with Gasteiger partial charge >= 0.3 is 5.97 Å². The lowest BCUT2D eigenvalue weighted by Gasteiger charge is -2.52. The highest BCUT2D eigenvalue weighted by Crippen LogP contribution is 2.42. The molecule has 0 amide bonds. The van der Waals surface area contributed by atoms with Gasteiger partial charge in [-0.2, -0.15) is 0 Å². The van der Waals surface area contributed by atoms with Crippen LogP contribution in [0.5, 0.6) is 0 Å². The van der Waals surface area contributed by atoms with Crippen LogP contribution in [-0.2, 0) is 4.79 Å². The highest BCUT2D eigenvalue weighted by atomic mass is 16.4. The molecule has 2 rings (SSSR count). The van der Waals surface area contributed by atoms with E-state index in [1.165, 1.54) is 25.9 Å². The zero-order valence-electron chi connectivity index (χ0n) is 10.4. The molecule has 1 heterocycles. The Morgan fingerprint density at radius 3 is 2.38 bits per heavy atom. The van der Waals surface area contributed by atoms with E-state index in [1.807, 2.05) is 0 Å². The smallest absolute Gasteiger partial charge is 0.306 e. The highest BCUT2D eigenvalue weighted by molar-refractivity contribution is 5.70. The van der Waals surface area contributed by atoms with E-state index in [1.54, 1.807) is 0 Å². The second kappa shape index (κ2) is 4.36. The molecule has 1 saturated heterocycles. The van der Waals surface area contributed by atoms with E-state index >= 15 is 0 Å². The molecule has 1 aliphatic heterocycles. The Hall–Kier alpha value is -0.570. The molecule has 0 bridgehead atoms. The van der Waals surface area contributed by atoms with Crippen LogP contribution >= 0.6 is 0 Å². The lowest BCUT2D eigenvalue weighted by Crippen LogP contribution is -2.58. The van der Waals surface area contributed by atoms with E-state index in [9.17, 15) is 4.79 Å². The van der Waals surface area contributed by atoms with Gasteiger partial charge in [0, 0.05) is 19.1 Å². The minimum absolute atomic E-state index is 0.0803. The molecule has 2 atom stereocenters. The molecule has 2 aliphatic rings. The maximum atomic E-state index is 10.9. The van der Waals surface area contributed by atoms with Crippen molar-refractivity contribution >= 4 is 5.97 Å². The average molecular weight is 225 g/mol. The summed E-state index contributed by atoms with van der Waals surface area (Å²) >= 11 is 0. The molecular weight excluding hydrogens is 202 g/mol. The molecule has 3 nitrogen and oxygen atoms in total. The molecular formula is C13H23NO2. The third-order valence-corrected chi connectivity index (χ3v) is 4.85. The maximum Gasteiger partial charge on any atom is 0.306 e. The number of hydrogen-bond donors (Lipinski definition) is 1. The van der Waals surface area contributed by atoms with E-state index in [0.29, 0.717) is 11.5 Å². The fraction of sp³-hybridized carbons (Fsp3) is 0.923. The molecule has 0 aromatic heterocycles. The first-order valence-electron chi connectivity index (χ1n) is 6.57. The molecule has 0 unspecified atom stereocenters. The Labute approximate surface area is 97.8 Å². The minimum Gasteiger partial charge on any atom is -0.481 e. The first-order valence-corrected chi connectivity index (χ1v) is 6.57. The molecule has 16 heavy (non-hydrogen) atoms. The van der Waals surface area contributed by atoms with E-state index in [2.05, 4.69) is 18.7 Å². The molecule has 1 aliphatic carbocycles. The summed E-state index contributed by atoms with van der Waals surface area (Å²) in [7, 11) is 0. The van der Waals surface area contributed by atoms with E-state index in [-0.39, 0.29) is 5.92 Å². The molecule has 0 radical (unpaired) electrons. The molecule has 0 aromatic carbocycles. The fourth-order valence-corrected chi connectivity index (χ4v) is 3.28. The fourth-order valence-electron chi connectivity index (χ4n) is 3.28. The second-order valence-electron chi connectivity index (χ2n) is 5.61. The van der Waals surface area contributed by atoms with Crippen LogP contribution in [0.4, 0.5) is 0 Å². The van der Waals surface area contributed by atoms with Gasteiger partial charge in [0.15, 0.2) is 0 Å². The zero-order valence-corrected chi connectivity index (χ0v) is 10.4. The van der Waals surface area contributed by atoms with E-state index in [0.717, 1.165) is 19.3 Å². The van der Waals surface area contributed by atoms with Gasteiger partial charge in [0.25, 0.3) is 0 Å². The van der Waals surface area contributed by atoms with Gasteiger partial charge < -0.3 is 5.11 Å². The van der Waals surface area contributed by atoms with Gasteiger partial charge in [0.1, 0.15) is 0 Å². The van der Waals surface area contributed by atoms with Crippen LogP contribution in [0, 0.1) is 11.3 Å². The number of carboxylic acid groups (broad SMARTS) is 1. The van der Waals surface area contributed by atoms with Crippen LogP contribution in [0.3, 0.4) is 0 Å². The summed E-state index contributed by atoms with van der Waals surface area (Å²) < 4.78 is 0. The third kappa shape index (κ3) is 1.97. The number of rotatable bonds is 4. The van der Waals surface area contributed by atoms with Crippen LogP contribution in [0.2, 0.25) is 0 Å². The number of likely N-dealkylation sites (tertiary alicyclic amines) is 1. The van der Waals surface area contributed by atoms with E-state index < -0.39 is 5.97 Å². The maximum absolute atomic E-state index is 10.9. The summed E-state index contributed by atoms with van der Waals surface area (Å²) in [5, 5.41) is 8.98. The predicted molar refractivity (Wildman–Crippen MR) is 63.4 cm³/mol. The van der Waals surface area contributed by atoms with Gasteiger partial charge in [-0.05, 0) is 37.5 Å². The lowest BCUT2D eigenvalue weighted by atomic mass is 9.74. The van der Waals surface area contributed by atoms with Gasteiger partial charge in [-0.25, -0.2) is 0 Å². The molecule has 1 N–H and O–H groups in total. The first kappa shape index (κ1) is 11.9. The van der Waals surface area contributed by atoms with Crippen molar-refractivity contribution in [3.63, 3.8) is 0 Å². The van der Waals surface area contributed by atoms with Crippen LogP contribution in [0.1, 0.15) is 46.0 Å². The summed E-state index contributed by atoms with van der Waals surface area (Å²) in [5.74, 6) is -0.677. The van der Waals surface area contributed by atoms with Crippen LogP contribution in [-0.4, -0.2) is 35.1 Å². The molecule has 1 saturated carbocycles. The van der Waals surface area contributed by atoms with Crippen molar-refractivity contribution in [3.8, 4) is 0 Å². The Balaban J connectivity index is 1.83.